The molecule has 0 unspecified atom stereocenters. The lowest BCUT2D eigenvalue weighted by Gasteiger charge is -2.26. The largest absolute Gasteiger partial charge is 0.267 e. The van der Waals surface area contributed by atoms with E-state index in [2.05, 4.69) is 10.0 Å². The van der Waals surface area contributed by atoms with Crippen LogP contribution < -0.4 is 0 Å². The van der Waals surface area contributed by atoms with Crippen molar-refractivity contribution in [2.45, 2.75) is 37.8 Å². The van der Waals surface area contributed by atoms with Crippen LogP contribution in [0.15, 0.2) is 5.11 Å². The Hall–Kier alpha value is -0.780. The number of hydrogen-bond acceptors (Lipinski definition) is 4. The van der Waals surface area contributed by atoms with E-state index in [0.29, 0.717) is 12.8 Å². The average molecular weight is 219 g/mol. The van der Waals surface area contributed by atoms with Crippen molar-refractivity contribution in [3.63, 3.8) is 0 Å². The van der Waals surface area contributed by atoms with Crippen LogP contribution in [0.25, 0.3) is 10.4 Å². The van der Waals surface area contributed by atoms with Gasteiger partial charge in [-0.25, -0.2) is 0 Å². The summed E-state index contributed by atoms with van der Waals surface area (Å²) in [6, 6.07) is -0.344. The molecule has 0 amide bonds. The van der Waals surface area contributed by atoms with Crippen molar-refractivity contribution < 1.29 is 12.6 Å². The maximum absolute atomic E-state index is 10.9. The van der Waals surface area contributed by atoms with Crippen LogP contribution in [0.4, 0.5) is 0 Å². The van der Waals surface area contributed by atoms with E-state index in [-0.39, 0.29) is 6.04 Å². The first-order chi connectivity index (χ1) is 6.53. The summed E-state index contributed by atoms with van der Waals surface area (Å²) in [4.78, 5) is 2.69. The average Bonchev–Trinajstić information content (AvgIpc) is 2.06. The second-order valence-corrected chi connectivity index (χ2v) is 5.00. The molecule has 1 saturated carbocycles. The minimum absolute atomic E-state index is 0.344. The van der Waals surface area contributed by atoms with Gasteiger partial charge in [0.15, 0.2) is 0 Å². The molecule has 0 saturated heterocycles. The van der Waals surface area contributed by atoms with Crippen LogP contribution in [0.2, 0.25) is 0 Å². The smallest absolute Gasteiger partial charge is 0.264 e. The van der Waals surface area contributed by atoms with E-state index < -0.39 is 16.2 Å². The van der Waals surface area contributed by atoms with Gasteiger partial charge in [-0.2, -0.15) is 8.42 Å². The van der Waals surface area contributed by atoms with E-state index in [9.17, 15) is 8.42 Å². The van der Waals surface area contributed by atoms with Crippen molar-refractivity contribution in [3.05, 3.63) is 10.4 Å². The second kappa shape index (κ2) is 4.63. The molecule has 0 aromatic carbocycles. The molecule has 80 valence electrons. The van der Waals surface area contributed by atoms with Crippen molar-refractivity contribution >= 4 is 10.1 Å². The SMILES string of the molecule is CS(=O)(=O)O[C@H]1CCCC[C@@H]1N=[N+]=[N-]. The predicted octanol–water partition coefficient (Wildman–Crippen LogP) is 1.58. The lowest BCUT2D eigenvalue weighted by atomic mass is 9.93. The van der Waals surface area contributed by atoms with Crippen LogP contribution in [-0.4, -0.2) is 26.8 Å². The standard InChI is InChI=1S/C7H13N3O3S/c1-14(11,12)13-7-5-3-2-4-6(7)9-10-8/h6-7H,2-5H2,1H3/t6-,7-/m0/s1. The molecule has 1 aliphatic rings. The molecule has 1 aliphatic carbocycles. The van der Waals surface area contributed by atoms with Crippen molar-refractivity contribution in [3.8, 4) is 0 Å². The van der Waals surface area contributed by atoms with Gasteiger partial charge in [-0.15, -0.1) is 0 Å². The van der Waals surface area contributed by atoms with Gasteiger partial charge in [-0.1, -0.05) is 18.0 Å². The Bertz CT molecular complexity index is 334. The Balaban J connectivity index is 2.68. The number of nitrogens with zero attached hydrogens (tertiary/aromatic N) is 3. The second-order valence-electron chi connectivity index (χ2n) is 3.40. The lowest BCUT2D eigenvalue weighted by Crippen LogP contribution is -2.32. The summed E-state index contributed by atoms with van der Waals surface area (Å²) < 4.78 is 26.6. The number of rotatable bonds is 3. The van der Waals surface area contributed by atoms with Crippen molar-refractivity contribution in [2.24, 2.45) is 5.11 Å². The monoisotopic (exact) mass is 219 g/mol. The van der Waals surface area contributed by atoms with E-state index in [1.807, 2.05) is 0 Å². The summed E-state index contributed by atoms with van der Waals surface area (Å²) in [6.07, 6.45) is 3.73. The van der Waals surface area contributed by atoms with Crippen LogP contribution in [0.1, 0.15) is 25.7 Å². The van der Waals surface area contributed by atoms with Crippen LogP contribution in [0, 0.1) is 0 Å². The minimum Gasteiger partial charge on any atom is -0.267 e. The summed E-state index contributed by atoms with van der Waals surface area (Å²) >= 11 is 0. The molecule has 0 bridgehead atoms. The zero-order chi connectivity index (χ0) is 10.6. The first kappa shape index (κ1) is 11.3. The molecular formula is C7H13N3O3S. The summed E-state index contributed by atoms with van der Waals surface area (Å²) in [5, 5.41) is 3.54. The third-order valence-electron chi connectivity index (χ3n) is 2.17. The maximum Gasteiger partial charge on any atom is 0.264 e. The zero-order valence-corrected chi connectivity index (χ0v) is 8.77. The topological polar surface area (TPSA) is 92.1 Å². The molecule has 7 heteroatoms. The molecule has 1 rings (SSSR count). The molecule has 0 radical (unpaired) electrons. The first-order valence-electron chi connectivity index (χ1n) is 4.45. The molecule has 0 heterocycles. The Kier molecular flexibility index (Phi) is 3.74. The van der Waals surface area contributed by atoms with Gasteiger partial charge >= 0.3 is 0 Å². The van der Waals surface area contributed by atoms with Crippen molar-refractivity contribution in [1.82, 2.24) is 0 Å². The van der Waals surface area contributed by atoms with Crippen LogP contribution >= 0.6 is 0 Å². The van der Waals surface area contributed by atoms with E-state index in [4.69, 9.17) is 9.71 Å². The molecule has 0 spiro atoms. The summed E-state index contributed by atoms with van der Waals surface area (Å²) in [5.74, 6) is 0. The fourth-order valence-electron chi connectivity index (χ4n) is 1.61. The number of hydrogen-bond donors (Lipinski definition) is 0. The number of azide groups is 1. The van der Waals surface area contributed by atoms with E-state index >= 15 is 0 Å². The zero-order valence-electron chi connectivity index (χ0n) is 7.96. The first-order valence-corrected chi connectivity index (χ1v) is 6.27. The van der Waals surface area contributed by atoms with Gasteiger partial charge in [0.05, 0.1) is 18.4 Å². The van der Waals surface area contributed by atoms with E-state index in [0.717, 1.165) is 19.1 Å². The molecule has 0 aliphatic heterocycles. The predicted molar refractivity (Wildman–Crippen MR) is 51.1 cm³/mol. The van der Waals surface area contributed by atoms with Crippen LogP contribution in [0.3, 0.4) is 0 Å². The summed E-state index contributed by atoms with van der Waals surface area (Å²) in [6.45, 7) is 0. The van der Waals surface area contributed by atoms with Crippen LogP contribution in [0.5, 0.6) is 0 Å². The highest BCUT2D eigenvalue weighted by molar-refractivity contribution is 7.86. The fraction of sp³-hybridized carbons (Fsp3) is 1.00. The Morgan fingerprint density at radius 3 is 2.64 bits per heavy atom. The quantitative estimate of drug-likeness (QED) is 0.312. The molecule has 0 N–H and O–H groups in total. The van der Waals surface area contributed by atoms with Gasteiger partial charge < -0.3 is 0 Å². The normalized spacial score (nSPS) is 28.1. The van der Waals surface area contributed by atoms with Crippen LogP contribution in [-0.2, 0) is 14.3 Å². The molecule has 0 aromatic heterocycles. The molecule has 2 atom stereocenters. The minimum atomic E-state index is -3.46. The molecule has 1 fully saturated rings. The lowest BCUT2D eigenvalue weighted by molar-refractivity contribution is 0.140. The fourth-order valence-corrected chi connectivity index (χ4v) is 2.29. The highest BCUT2D eigenvalue weighted by Crippen LogP contribution is 2.24. The van der Waals surface area contributed by atoms with E-state index in [1.54, 1.807) is 0 Å². The van der Waals surface area contributed by atoms with Gasteiger partial charge in [-0.3, -0.25) is 4.18 Å². The maximum atomic E-state index is 10.9. The summed E-state index contributed by atoms with van der Waals surface area (Å²) in [7, 11) is -3.46. The van der Waals surface area contributed by atoms with Gasteiger partial charge in [-0.05, 0) is 18.4 Å². The Labute approximate surface area is 83.0 Å². The molecule has 14 heavy (non-hydrogen) atoms. The van der Waals surface area contributed by atoms with E-state index in [1.165, 1.54) is 0 Å². The van der Waals surface area contributed by atoms with Crippen molar-refractivity contribution in [1.29, 1.82) is 0 Å². The highest BCUT2D eigenvalue weighted by atomic mass is 32.2. The van der Waals surface area contributed by atoms with Gasteiger partial charge in [0, 0.05) is 4.91 Å². The third kappa shape index (κ3) is 3.53. The summed E-state index contributed by atoms with van der Waals surface area (Å²) in [5.41, 5.74) is 8.29. The van der Waals surface area contributed by atoms with Gasteiger partial charge in [0.2, 0.25) is 0 Å². The molecule has 0 aromatic rings. The Morgan fingerprint density at radius 2 is 2.07 bits per heavy atom. The highest BCUT2D eigenvalue weighted by Gasteiger charge is 2.27. The van der Waals surface area contributed by atoms with Crippen molar-refractivity contribution in [2.75, 3.05) is 6.26 Å². The Morgan fingerprint density at radius 1 is 1.43 bits per heavy atom. The van der Waals surface area contributed by atoms with Gasteiger partial charge in [0.25, 0.3) is 10.1 Å². The molecular weight excluding hydrogens is 206 g/mol. The van der Waals surface area contributed by atoms with Gasteiger partial charge in [0.1, 0.15) is 0 Å². The molecule has 6 nitrogen and oxygen atoms in total. The third-order valence-corrected chi connectivity index (χ3v) is 2.76.